The molecule has 1 aliphatic heterocycles. The highest BCUT2D eigenvalue weighted by Gasteiger charge is 2.54. The topological polar surface area (TPSA) is 50.1 Å². The van der Waals surface area contributed by atoms with Crippen LogP contribution in [0.5, 0.6) is 5.75 Å². The summed E-state index contributed by atoms with van der Waals surface area (Å²) in [4.78, 5) is 4.52. The number of nitrogens with zero attached hydrogens (tertiary/aromatic N) is 2. The largest absolute Gasteiger partial charge is 0.508 e. The second-order valence-electron chi connectivity index (χ2n) is 9.58. The van der Waals surface area contributed by atoms with Crippen LogP contribution in [0.3, 0.4) is 0 Å². The molecule has 0 amide bonds. The van der Waals surface area contributed by atoms with Gasteiger partial charge in [0.25, 0.3) is 0 Å². The maximum atomic E-state index is 16.3. The number of benzene rings is 2. The van der Waals surface area contributed by atoms with E-state index in [1.807, 2.05) is 0 Å². The molecule has 2 N–H and O–H groups in total. The van der Waals surface area contributed by atoms with Gasteiger partial charge in [0, 0.05) is 34.8 Å². The van der Waals surface area contributed by atoms with Gasteiger partial charge in [0.2, 0.25) is 0 Å². The first-order valence-corrected chi connectivity index (χ1v) is 11.4. The fourth-order valence-electron chi connectivity index (χ4n) is 5.95. The van der Waals surface area contributed by atoms with E-state index in [1.54, 1.807) is 6.20 Å². The van der Waals surface area contributed by atoms with Gasteiger partial charge in [-0.3, -0.25) is 4.98 Å². The van der Waals surface area contributed by atoms with E-state index in [4.69, 9.17) is 6.42 Å². The highest BCUT2D eigenvalue weighted by atomic mass is 19.1. The molecule has 7 rings (SSSR count). The summed E-state index contributed by atoms with van der Waals surface area (Å²) >= 11 is 0. The molecule has 3 fully saturated rings. The fraction of sp³-hybridized carbons (Fsp3) is 0.296. The van der Waals surface area contributed by atoms with E-state index in [2.05, 4.69) is 27.0 Å². The van der Waals surface area contributed by atoms with E-state index in [9.17, 15) is 9.50 Å². The van der Waals surface area contributed by atoms with E-state index < -0.39 is 11.6 Å². The Hall–Kier alpha value is -3.43. The summed E-state index contributed by atoms with van der Waals surface area (Å²) in [6.45, 7) is 2.02. The van der Waals surface area contributed by atoms with Crippen LogP contribution in [0.15, 0.2) is 36.7 Å². The van der Waals surface area contributed by atoms with Crippen LogP contribution in [0.2, 0.25) is 0 Å². The van der Waals surface area contributed by atoms with Crippen molar-refractivity contribution >= 4 is 21.7 Å². The van der Waals surface area contributed by atoms with E-state index in [-0.39, 0.29) is 17.0 Å². The van der Waals surface area contributed by atoms with E-state index in [0.717, 1.165) is 31.3 Å². The number of aromatic hydroxyl groups is 1. The van der Waals surface area contributed by atoms with Crippen LogP contribution >= 0.6 is 0 Å². The van der Waals surface area contributed by atoms with Crippen LogP contribution < -0.4 is 5.32 Å². The van der Waals surface area contributed by atoms with Gasteiger partial charge < -0.3 is 15.0 Å². The molecule has 2 atom stereocenters. The van der Waals surface area contributed by atoms with E-state index >= 15 is 4.39 Å². The Morgan fingerprint density at radius 2 is 1.94 bits per heavy atom. The maximum absolute atomic E-state index is 16.3. The molecule has 0 radical (unpaired) electrons. The third-order valence-corrected chi connectivity index (χ3v) is 7.68. The first-order valence-electron chi connectivity index (χ1n) is 11.4. The molecule has 2 aromatic heterocycles. The molecule has 1 saturated heterocycles. The summed E-state index contributed by atoms with van der Waals surface area (Å²) in [6.07, 6.45) is 11.5. The fourth-order valence-corrected chi connectivity index (χ4v) is 5.95. The second kappa shape index (κ2) is 6.55. The summed E-state index contributed by atoms with van der Waals surface area (Å²) < 4.78 is 32.9. The smallest absolute Gasteiger partial charge is 0.173 e. The molecule has 3 heterocycles. The van der Waals surface area contributed by atoms with Crippen molar-refractivity contribution in [1.29, 1.82) is 0 Å². The third kappa shape index (κ3) is 2.63. The van der Waals surface area contributed by atoms with Crippen LogP contribution in [0.1, 0.15) is 35.9 Å². The molecule has 0 bridgehead atoms. The van der Waals surface area contributed by atoms with Crippen LogP contribution in [-0.2, 0) is 0 Å². The number of piperidine rings is 1. The molecule has 2 aromatic carbocycles. The van der Waals surface area contributed by atoms with Gasteiger partial charge in [-0.05, 0) is 72.8 Å². The minimum atomic E-state index is -0.559. The zero-order chi connectivity index (χ0) is 22.4. The highest BCUT2D eigenvalue weighted by Crippen LogP contribution is 2.58. The van der Waals surface area contributed by atoms with Gasteiger partial charge in [0.05, 0.1) is 11.1 Å². The Balaban J connectivity index is 1.50. The van der Waals surface area contributed by atoms with Crippen molar-refractivity contribution in [2.75, 3.05) is 13.1 Å². The molecule has 0 spiro atoms. The number of nitrogens with one attached hydrogen (secondary N) is 1. The molecule has 2 unspecified atom stereocenters. The number of halogens is 2. The number of hydrogen-bond donors (Lipinski definition) is 2. The van der Waals surface area contributed by atoms with Crippen molar-refractivity contribution in [3.05, 3.63) is 59.4 Å². The predicted molar refractivity (Wildman–Crippen MR) is 123 cm³/mol. The van der Waals surface area contributed by atoms with E-state index in [1.165, 1.54) is 29.8 Å². The SMILES string of the molecule is C#Cc1c(F)ccc2cc(O)cc(-c3ncc4c(C5C6CNCC65)cn(C5CC5)c4c3F)c12. The number of rotatable bonds is 3. The minimum Gasteiger partial charge on any atom is -0.508 e. The number of hydrogen-bond acceptors (Lipinski definition) is 3. The minimum absolute atomic E-state index is 0.0420. The average Bonchev–Trinajstić information content (AvgIpc) is 3.68. The van der Waals surface area contributed by atoms with Gasteiger partial charge in [0.1, 0.15) is 17.3 Å². The second-order valence-corrected chi connectivity index (χ2v) is 9.58. The van der Waals surface area contributed by atoms with Crippen molar-refractivity contribution in [3.8, 4) is 29.4 Å². The van der Waals surface area contributed by atoms with Gasteiger partial charge >= 0.3 is 0 Å². The molecule has 33 heavy (non-hydrogen) atoms. The predicted octanol–water partition coefficient (Wildman–Crippen LogP) is 5.09. The molecule has 2 saturated carbocycles. The molecule has 6 heteroatoms. The molecule has 4 nitrogen and oxygen atoms in total. The first kappa shape index (κ1) is 19.1. The Kier molecular flexibility index (Phi) is 3.79. The number of fused-ring (bicyclic) bond motifs is 3. The van der Waals surface area contributed by atoms with Crippen molar-refractivity contribution in [3.63, 3.8) is 0 Å². The molecule has 2 aliphatic carbocycles. The Bertz CT molecular complexity index is 1520. The monoisotopic (exact) mass is 441 g/mol. The van der Waals surface area contributed by atoms with E-state index in [0.29, 0.717) is 45.6 Å². The Morgan fingerprint density at radius 1 is 1.15 bits per heavy atom. The Labute approximate surface area is 189 Å². The van der Waals surface area contributed by atoms with Crippen molar-refractivity contribution in [2.24, 2.45) is 11.8 Å². The van der Waals surface area contributed by atoms with Crippen molar-refractivity contribution in [2.45, 2.75) is 24.8 Å². The number of phenolic OH excluding ortho intramolecular Hbond substituents is 1. The molecular formula is C27H21F2N3O. The number of phenols is 1. The van der Waals surface area contributed by atoms with Gasteiger partial charge in [-0.2, -0.15) is 0 Å². The molecule has 164 valence electrons. The van der Waals surface area contributed by atoms with Crippen molar-refractivity contribution < 1.29 is 13.9 Å². The standard InChI is InChI=1S/C27H21F2N3O/c1-2-16-22(28)6-3-13-7-15(33)8-17(23(13)16)26-25(29)27-20(11-31-26)21(12-32(27)14-4-5-14)24-18-9-30-10-19(18)24/h1,3,6-8,11-12,14,18-19,24,30,33H,4-5,9-10H2. The lowest BCUT2D eigenvalue weighted by Gasteiger charge is -2.13. The number of terminal acetylenes is 1. The van der Waals surface area contributed by atoms with Gasteiger partial charge in [-0.1, -0.05) is 12.0 Å². The van der Waals surface area contributed by atoms with Gasteiger partial charge in [0.15, 0.2) is 5.82 Å². The Morgan fingerprint density at radius 3 is 2.67 bits per heavy atom. The number of pyridine rings is 1. The van der Waals surface area contributed by atoms with Crippen LogP contribution in [0, 0.1) is 35.8 Å². The summed E-state index contributed by atoms with van der Waals surface area (Å²) in [5.41, 5.74) is 2.15. The van der Waals surface area contributed by atoms with Gasteiger partial charge in [-0.25, -0.2) is 8.78 Å². The summed E-state index contributed by atoms with van der Waals surface area (Å²) in [5, 5.41) is 15.5. The quantitative estimate of drug-likeness (QED) is 0.436. The summed E-state index contributed by atoms with van der Waals surface area (Å²) in [5.74, 6) is 3.01. The lowest BCUT2D eigenvalue weighted by Crippen LogP contribution is -2.13. The molecular weight excluding hydrogens is 420 g/mol. The number of aromatic nitrogens is 2. The molecule has 4 aromatic rings. The lowest BCUT2D eigenvalue weighted by atomic mass is 9.95. The lowest BCUT2D eigenvalue weighted by molar-refractivity contribution is 0.476. The van der Waals surface area contributed by atoms with Crippen LogP contribution in [0.25, 0.3) is 32.9 Å². The normalized spacial score (nSPS) is 23.7. The maximum Gasteiger partial charge on any atom is 0.173 e. The summed E-state index contributed by atoms with van der Waals surface area (Å²) in [6, 6.07) is 6.01. The van der Waals surface area contributed by atoms with Gasteiger partial charge in [-0.15, -0.1) is 6.42 Å². The average molecular weight is 441 g/mol. The highest BCUT2D eigenvalue weighted by molar-refractivity contribution is 6.02. The van der Waals surface area contributed by atoms with Crippen LogP contribution in [-0.4, -0.2) is 27.7 Å². The zero-order valence-electron chi connectivity index (χ0n) is 17.8. The summed E-state index contributed by atoms with van der Waals surface area (Å²) in [7, 11) is 0. The van der Waals surface area contributed by atoms with Crippen LogP contribution in [0.4, 0.5) is 8.78 Å². The first-order chi connectivity index (χ1) is 16.1. The van der Waals surface area contributed by atoms with Crippen molar-refractivity contribution in [1.82, 2.24) is 14.9 Å². The third-order valence-electron chi connectivity index (χ3n) is 7.68. The zero-order valence-corrected chi connectivity index (χ0v) is 17.8. The molecule has 3 aliphatic rings.